The number of aliphatic hydroxyl groups is 1. The molecule has 0 aromatic heterocycles. The quantitative estimate of drug-likeness (QED) is 0.525. The van der Waals surface area contributed by atoms with Crippen molar-refractivity contribution in [3.63, 3.8) is 0 Å². The van der Waals surface area contributed by atoms with Gasteiger partial charge in [-0.3, -0.25) is 4.79 Å². The second kappa shape index (κ2) is 2.68. The first-order valence-electron chi connectivity index (χ1n) is 3.09. The highest BCUT2D eigenvalue weighted by molar-refractivity contribution is 5.98. The van der Waals surface area contributed by atoms with Gasteiger partial charge in [-0.1, -0.05) is 0 Å². The Kier molecular flexibility index (Phi) is 1.88. The van der Waals surface area contributed by atoms with Crippen molar-refractivity contribution < 1.29 is 9.90 Å². The number of hydrogen-bond acceptors (Lipinski definition) is 2. The first-order chi connectivity index (χ1) is 4.74. The number of Topliss-reactive ketones (excluding diaryl/α,β-unsaturated/α-hetero) is 1. The first-order valence-corrected chi connectivity index (χ1v) is 3.09. The van der Waals surface area contributed by atoms with Gasteiger partial charge in [-0.2, -0.15) is 0 Å². The van der Waals surface area contributed by atoms with Crippen LogP contribution in [0.3, 0.4) is 0 Å². The van der Waals surface area contributed by atoms with Gasteiger partial charge in [-0.25, -0.2) is 0 Å². The zero-order valence-corrected chi connectivity index (χ0v) is 5.50. The summed E-state index contributed by atoms with van der Waals surface area (Å²) in [7, 11) is 0. The molecular weight excluding hydrogens is 128 g/mol. The number of allylic oxidation sites excluding steroid dienone is 1. The molecular formula is C8H8O2. The van der Waals surface area contributed by atoms with E-state index in [4.69, 9.17) is 11.5 Å². The molecule has 0 aromatic rings. The van der Waals surface area contributed by atoms with Crippen molar-refractivity contribution in [2.45, 2.75) is 18.9 Å². The van der Waals surface area contributed by atoms with Crippen molar-refractivity contribution in [3.05, 3.63) is 11.6 Å². The van der Waals surface area contributed by atoms with E-state index in [1.165, 1.54) is 6.08 Å². The molecule has 0 radical (unpaired) electrons. The summed E-state index contributed by atoms with van der Waals surface area (Å²) in [4.78, 5) is 10.9. The molecule has 0 spiro atoms. The lowest BCUT2D eigenvalue weighted by atomic mass is 10.1. The van der Waals surface area contributed by atoms with Crippen molar-refractivity contribution in [1.82, 2.24) is 0 Å². The summed E-state index contributed by atoms with van der Waals surface area (Å²) in [5, 5.41) is 8.93. The maximum Gasteiger partial charge on any atom is 0.162 e. The molecule has 2 heteroatoms. The van der Waals surface area contributed by atoms with Gasteiger partial charge < -0.3 is 5.11 Å². The number of terminal acetylenes is 1. The van der Waals surface area contributed by atoms with Gasteiger partial charge in [0, 0.05) is 18.4 Å². The van der Waals surface area contributed by atoms with Crippen LogP contribution in [0.4, 0.5) is 0 Å². The molecule has 0 amide bonds. The molecule has 52 valence electrons. The number of hydrogen-bond donors (Lipinski definition) is 1. The Morgan fingerprint density at radius 3 is 3.00 bits per heavy atom. The highest BCUT2D eigenvalue weighted by atomic mass is 16.3. The van der Waals surface area contributed by atoms with E-state index in [-0.39, 0.29) is 12.2 Å². The van der Waals surface area contributed by atoms with Gasteiger partial charge in [-0.15, -0.1) is 12.3 Å². The zero-order chi connectivity index (χ0) is 7.56. The fourth-order valence-corrected chi connectivity index (χ4v) is 0.973. The van der Waals surface area contributed by atoms with E-state index >= 15 is 0 Å². The van der Waals surface area contributed by atoms with Crippen LogP contribution in [0.5, 0.6) is 0 Å². The number of ketones is 1. The Balaban J connectivity index is 2.68. The molecule has 1 atom stereocenters. The molecule has 0 unspecified atom stereocenters. The predicted molar refractivity (Wildman–Crippen MR) is 37.2 cm³/mol. The second-order valence-corrected chi connectivity index (χ2v) is 2.27. The number of carbonyl (C=O) groups excluding carboxylic acids is 1. The third-order valence-electron chi connectivity index (χ3n) is 1.44. The lowest BCUT2D eigenvalue weighted by Gasteiger charge is -1.89. The van der Waals surface area contributed by atoms with Gasteiger partial charge in [-0.05, 0) is 6.08 Å². The Bertz CT molecular complexity index is 220. The molecule has 2 nitrogen and oxygen atoms in total. The van der Waals surface area contributed by atoms with Crippen molar-refractivity contribution in [2.24, 2.45) is 0 Å². The maximum absolute atomic E-state index is 10.9. The normalized spacial score (nSPS) is 24.2. The maximum atomic E-state index is 10.9. The summed E-state index contributed by atoms with van der Waals surface area (Å²) >= 11 is 0. The minimum atomic E-state index is -0.601. The molecule has 0 bridgehead atoms. The summed E-state index contributed by atoms with van der Waals surface area (Å²) in [6.45, 7) is 0. The summed E-state index contributed by atoms with van der Waals surface area (Å²) in [5.41, 5.74) is 0.579. The fourth-order valence-electron chi connectivity index (χ4n) is 0.973. The van der Waals surface area contributed by atoms with Crippen LogP contribution in [-0.4, -0.2) is 17.0 Å². The summed E-state index contributed by atoms with van der Waals surface area (Å²) in [5.74, 6) is 2.34. The van der Waals surface area contributed by atoms with Gasteiger partial charge >= 0.3 is 0 Å². The average molecular weight is 136 g/mol. The first kappa shape index (κ1) is 7.04. The van der Waals surface area contributed by atoms with E-state index < -0.39 is 6.10 Å². The molecule has 1 aliphatic carbocycles. The van der Waals surface area contributed by atoms with Crippen molar-refractivity contribution in [2.75, 3.05) is 0 Å². The van der Waals surface area contributed by atoms with E-state index in [0.717, 1.165) is 0 Å². The van der Waals surface area contributed by atoms with Crippen LogP contribution >= 0.6 is 0 Å². The molecule has 0 aliphatic heterocycles. The summed E-state index contributed by atoms with van der Waals surface area (Å²) < 4.78 is 0. The van der Waals surface area contributed by atoms with Crippen LogP contribution in [0, 0.1) is 12.3 Å². The molecule has 0 aromatic carbocycles. The minimum absolute atomic E-state index is 0.0227. The second-order valence-electron chi connectivity index (χ2n) is 2.27. The Hall–Kier alpha value is -1.07. The van der Waals surface area contributed by atoms with Crippen molar-refractivity contribution >= 4 is 5.78 Å². The van der Waals surface area contributed by atoms with Crippen LogP contribution in [0.1, 0.15) is 12.8 Å². The van der Waals surface area contributed by atoms with Gasteiger partial charge in [0.25, 0.3) is 0 Å². The van der Waals surface area contributed by atoms with Gasteiger partial charge in [0.2, 0.25) is 0 Å². The Morgan fingerprint density at radius 2 is 2.60 bits per heavy atom. The minimum Gasteiger partial charge on any atom is -0.389 e. The van der Waals surface area contributed by atoms with Crippen LogP contribution in [-0.2, 0) is 4.79 Å². The third kappa shape index (κ3) is 1.26. The van der Waals surface area contributed by atoms with Crippen molar-refractivity contribution in [1.29, 1.82) is 0 Å². The molecule has 1 rings (SSSR count). The van der Waals surface area contributed by atoms with Gasteiger partial charge in [0.05, 0.1) is 6.10 Å². The molecule has 0 heterocycles. The summed E-state index contributed by atoms with van der Waals surface area (Å²) in [6.07, 6.45) is 6.47. The van der Waals surface area contributed by atoms with Gasteiger partial charge in [0.1, 0.15) is 0 Å². The van der Waals surface area contributed by atoms with E-state index in [1.807, 2.05) is 0 Å². The Morgan fingerprint density at radius 1 is 1.90 bits per heavy atom. The number of carbonyl (C=O) groups is 1. The zero-order valence-electron chi connectivity index (χ0n) is 5.50. The topological polar surface area (TPSA) is 37.3 Å². The van der Waals surface area contributed by atoms with Crippen molar-refractivity contribution in [3.8, 4) is 12.3 Å². The largest absolute Gasteiger partial charge is 0.389 e. The molecule has 0 fully saturated rings. The standard InChI is InChI=1S/C8H8O2/c1-2-3-6-4-7(9)5-8(6)10/h1,4,7,9H,3,5H2/t7-/m0/s1. The van der Waals surface area contributed by atoms with Crippen LogP contribution in [0.25, 0.3) is 0 Å². The van der Waals surface area contributed by atoms with E-state index in [2.05, 4.69) is 5.92 Å². The molecule has 0 saturated carbocycles. The lowest BCUT2D eigenvalue weighted by Crippen LogP contribution is -2.00. The SMILES string of the molecule is C#CCC1=C[C@H](O)CC1=O. The fraction of sp³-hybridized carbons (Fsp3) is 0.375. The van der Waals surface area contributed by atoms with E-state index in [1.54, 1.807) is 0 Å². The third-order valence-corrected chi connectivity index (χ3v) is 1.44. The highest BCUT2D eigenvalue weighted by Gasteiger charge is 2.20. The molecule has 0 saturated heterocycles. The summed E-state index contributed by atoms with van der Waals surface area (Å²) in [6, 6.07) is 0. The molecule has 1 aliphatic rings. The molecule has 10 heavy (non-hydrogen) atoms. The highest BCUT2D eigenvalue weighted by Crippen LogP contribution is 2.16. The Labute approximate surface area is 59.6 Å². The van der Waals surface area contributed by atoms with Crippen LogP contribution in [0.15, 0.2) is 11.6 Å². The predicted octanol–water partition coefficient (Wildman–Crippen LogP) is 0.270. The number of aliphatic hydroxyl groups excluding tert-OH is 1. The average Bonchev–Trinajstić information content (AvgIpc) is 2.13. The number of rotatable bonds is 1. The smallest absolute Gasteiger partial charge is 0.162 e. The van der Waals surface area contributed by atoms with E-state index in [0.29, 0.717) is 12.0 Å². The lowest BCUT2D eigenvalue weighted by molar-refractivity contribution is -0.115. The van der Waals surface area contributed by atoms with Gasteiger partial charge in [0.15, 0.2) is 5.78 Å². The van der Waals surface area contributed by atoms with Crippen LogP contribution in [0.2, 0.25) is 0 Å². The van der Waals surface area contributed by atoms with Crippen LogP contribution < -0.4 is 0 Å². The monoisotopic (exact) mass is 136 g/mol. The van der Waals surface area contributed by atoms with E-state index in [9.17, 15) is 4.79 Å². The molecule has 1 N–H and O–H groups in total.